The second-order valence-corrected chi connectivity index (χ2v) is 9.03. The number of hydrogen-bond donors (Lipinski definition) is 1. The predicted molar refractivity (Wildman–Crippen MR) is 139 cm³/mol. The summed E-state index contributed by atoms with van der Waals surface area (Å²) in [7, 11) is 1.58. The van der Waals surface area contributed by atoms with E-state index in [1.54, 1.807) is 26.2 Å². The van der Waals surface area contributed by atoms with Gasteiger partial charge < -0.3 is 14.8 Å². The van der Waals surface area contributed by atoms with E-state index < -0.39 is 29.6 Å². The van der Waals surface area contributed by atoms with Crippen LogP contribution in [0, 0.1) is 0 Å². The molecule has 0 bridgehead atoms. The number of fused-ring (bicyclic) bond motifs is 1. The molecule has 4 rings (SSSR count). The van der Waals surface area contributed by atoms with Crippen molar-refractivity contribution < 1.29 is 28.7 Å². The Balaban J connectivity index is 1.51. The largest absolute Gasteiger partial charge is 0.496 e. The van der Waals surface area contributed by atoms with Gasteiger partial charge in [-0.1, -0.05) is 41.9 Å². The van der Waals surface area contributed by atoms with Crippen molar-refractivity contribution in [1.82, 2.24) is 4.90 Å². The van der Waals surface area contributed by atoms with E-state index >= 15 is 0 Å². The highest BCUT2D eigenvalue weighted by Gasteiger charge is 2.36. The minimum absolute atomic E-state index is 0.0946. The zero-order valence-corrected chi connectivity index (χ0v) is 20.9. The summed E-state index contributed by atoms with van der Waals surface area (Å²) < 4.78 is 10.4. The fourth-order valence-corrected chi connectivity index (χ4v) is 4.71. The van der Waals surface area contributed by atoms with Crippen molar-refractivity contribution in [2.45, 2.75) is 6.92 Å². The maximum absolute atomic E-state index is 13.0. The van der Waals surface area contributed by atoms with Crippen LogP contribution < -0.4 is 10.1 Å². The van der Waals surface area contributed by atoms with E-state index in [4.69, 9.17) is 21.1 Å². The van der Waals surface area contributed by atoms with E-state index in [0.29, 0.717) is 5.75 Å². The fourth-order valence-electron chi connectivity index (χ4n) is 3.69. The highest BCUT2D eigenvalue weighted by Crippen LogP contribution is 2.35. The number of anilines is 1. The van der Waals surface area contributed by atoms with Crippen LogP contribution >= 0.6 is 23.4 Å². The molecule has 0 unspecified atom stereocenters. The highest BCUT2D eigenvalue weighted by molar-refractivity contribution is 8.18. The maximum atomic E-state index is 13.0. The van der Waals surface area contributed by atoms with E-state index in [1.807, 2.05) is 30.3 Å². The van der Waals surface area contributed by atoms with Crippen molar-refractivity contribution in [3.05, 3.63) is 75.7 Å². The molecule has 10 heteroatoms. The van der Waals surface area contributed by atoms with Crippen LogP contribution in [0.15, 0.2) is 59.5 Å². The predicted octanol–water partition coefficient (Wildman–Crippen LogP) is 5.35. The van der Waals surface area contributed by atoms with Gasteiger partial charge in [0.25, 0.3) is 11.1 Å². The van der Waals surface area contributed by atoms with Gasteiger partial charge in [0.1, 0.15) is 12.3 Å². The molecule has 0 spiro atoms. The van der Waals surface area contributed by atoms with Crippen LogP contribution in [0.25, 0.3) is 16.8 Å². The summed E-state index contributed by atoms with van der Waals surface area (Å²) in [4.78, 5) is 51.2. The molecular weight excluding hydrogens is 504 g/mol. The molecule has 0 radical (unpaired) electrons. The maximum Gasteiger partial charge on any atom is 0.339 e. The molecule has 36 heavy (non-hydrogen) atoms. The van der Waals surface area contributed by atoms with E-state index in [9.17, 15) is 19.2 Å². The van der Waals surface area contributed by atoms with Crippen molar-refractivity contribution in [3.8, 4) is 5.75 Å². The second-order valence-electron chi connectivity index (χ2n) is 7.63. The molecule has 3 aromatic rings. The first-order valence-corrected chi connectivity index (χ1v) is 12.1. The molecule has 0 saturated carbocycles. The summed E-state index contributed by atoms with van der Waals surface area (Å²) in [6, 6.07) is 15.5. The minimum Gasteiger partial charge on any atom is -0.496 e. The number of hydrogen-bond acceptors (Lipinski definition) is 7. The van der Waals surface area contributed by atoms with Gasteiger partial charge in [0, 0.05) is 11.1 Å². The van der Waals surface area contributed by atoms with Gasteiger partial charge in [-0.15, -0.1) is 0 Å². The first-order chi connectivity index (χ1) is 17.3. The summed E-state index contributed by atoms with van der Waals surface area (Å²) in [5.74, 6) is -1.10. The highest BCUT2D eigenvalue weighted by atomic mass is 35.5. The third-order valence-electron chi connectivity index (χ3n) is 5.35. The molecule has 1 aliphatic heterocycles. The first-order valence-electron chi connectivity index (χ1n) is 10.9. The molecule has 3 amide bonds. The normalized spacial score (nSPS) is 14.4. The average molecular weight is 525 g/mol. The Morgan fingerprint density at radius 1 is 1.08 bits per heavy atom. The Morgan fingerprint density at radius 2 is 1.83 bits per heavy atom. The van der Waals surface area contributed by atoms with Gasteiger partial charge in [-0.3, -0.25) is 19.3 Å². The smallest absolute Gasteiger partial charge is 0.339 e. The molecule has 0 aromatic heterocycles. The number of nitrogens with zero attached hydrogens (tertiary/aromatic N) is 1. The number of rotatable bonds is 7. The van der Waals surface area contributed by atoms with E-state index in [0.717, 1.165) is 33.0 Å². The molecule has 3 aromatic carbocycles. The van der Waals surface area contributed by atoms with Crippen molar-refractivity contribution >= 4 is 68.9 Å². The van der Waals surface area contributed by atoms with Gasteiger partial charge in [-0.05, 0) is 60.0 Å². The first kappa shape index (κ1) is 25.3. The Labute approximate surface area is 216 Å². The number of ether oxygens (including phenoxy) is 2. The number of methoxy groups -OCH3 is 1. The standard InChI is InChI=1S/C26H21ClN2O6S/c1-3-35-25(32)19-13-16(9-10-20(19)27)28-23(30)14-29-24(31)22(36-26(29)33)12-15-8-11-21(34-2)18-7-5-4-6-17(15)18/h4-13H,3,14H2,1-2H3,(H,28,30)/b22-12+. The lowest BCUT2D eigenvalue weighted by Crippen LogP contribution is -2.36. The number of thioether (sulfide) groups is 1. The molecule has 0 aliphatic carbocycles. The summed E-state index contributed by atoms with van der Waals surface area (Å²) in [5.41, 5.74) is 1.12. The molecule has 1 aliphatic rings. The summed E-state index contributed by atoms with van der Waals surface area (Å²) >= 11 is 6.81. The lowest BCUT2D eigenvalue weighted by molar-refractivity contribution is -0.127. The number of carbonyl (C=O) groups excluding carboxylic acids is 4. The summed E-state index contributed by atoms with van der Waals surface area (Å²) in [5, 5.41) is 3.94. The molecule has 1 N–H and O–H groups in total. The zero-order valence-electron chi connectivity index (χ0n) is 19.4. The van der Waals surface area contributed by atoms with Gasteiger partial charge in [-0.25, -0.2) is 4.79 Å². The van der Waals surface area contributed by atoms with Crippen molar-refractivity contribution in [1.29, 1.82) is 0 Å². The Bertz CT molecular complexity index is 1420. The van der Waals surface area contributed by atoms with Crippen LogP contribution in [0.2, 0.25) is 5.02 Å². The molecule has 8 nitrogen and oxygen atoms in total. The number of amides is 3. The van der Waals surface area contributed by atoms with Crippen LogP contribution in [0.5, 0.6) is 5.75 Å². The number of nitrogens with one attached hydrogen (secondary N) is 1. The Hall–Kier alpha value is -3.82. The third-order valence-corrected chi connectivity index (χ3v) is 6.58. The fraction of sp³-hybridized carbons (Fsp3) is 0.154. The average Bonchev–Trinajstić information content (AvgIpc) is 3.12. The Kier molecular flexibility index (Phi) is 7.61. The van der Waals surface area contributed by atoms with Crippen LogP contribution in [0.4, 0.5) is 10.5 Å². The molecule has 184 valence electrons. The van der Waals surface area contributed by atoms with Gasteiger partial charge in [0.2, 0.25) is 5.91 Å². The van der Waals surface area contributed by atoms with Crippen LogP contribution in [0.1, 0.15) is 22.8 Å². The van der Waals surface area contributed by atoms with Gasteiger partial charge in [-0.2, -0.15) is 0 Å². The van der Waals surface area contributed by atoms with Gasteiger partial charge in [0.05, 0.1) is 29.2 Å². The van der Waals surface area contributed by atoms with Crippen molar-refractivity contribution in [3.63, 3.8) is 0 Å². The summed E-state index contributed by atoms with van der Waals surface area (Å²) in [6.07, 6.45) is 1.63. The summed E-state index contributed by atoms with van der Waals surface area (Å²) in [6.45, 7) is 1.35. The number of benzene rings is 3. The quantitative estimate of drug-likeness (QED) is 0.328. The number of halogens is 1. The number of esters is 1. The molecule has 0 atom stereocenters. The van der Waals surface area contributed by atoms with Crippen LogP contribution in [-0.4, -0.2) is 48.2 Å². The van der Waals surface area contributed by atoms with Gasteiger partial charge >= 0.3 is 5.97 Å². The molecular formula is C26H21ClN2O6S. The Morgan fingerprint density at radius 3 is 2.56 bits per heavy atom. The van der Waals surface area contributed by atoms with Crippen LogP contribution in [-0.2, 0) is 14.3 Å². The van der Waals surface area contributed by atoms with E-state index in [-0.39, 0.29) is 27.8 Å². The second kappa shape index (κ2) is 10.8. The monoisotopic (exact) mass is 524 g/mol. The minimum atomic E-state index is -0.624. The number of carbonyl (C=O) groups is 4. The van der Waals surface area contributed by atoms with Crippen LogP contribution in [0.3, 0.4) is 0 Å². The molecule has 1 heterocycles. The van der Waals surface area contributed by atoms with Crippen molar-refractivity contribution in [2.75, 3.05) is 25.6 Å². The van der Waals surface area contributed by atoms with Gasteiger partial charge in [0.15, 0.2) is 0 Å². The zero-order chi connectivity index (χ0) is 25.8. The van der Waals surface area contributed by atoms with Crippen molar-refractivity contribution in [2.24, 2.45) is 0 Å². The topological polar surface area (TPSA) is 102 Å². The third kappa shape index (κ3) is 5.22. The molecule has 1 fully saturated rings. The van der Waals surface area contributed by atoms with E-state index in [2.05, 4.69) is 5.32 Å². The number of imide groups is 1. The lowest BCUT2D eigenvalue weighted by Gasteiger charge is -2.13. The SMILES string of the molecule is CCOC(=O)c1cc(NC(=O)CN2C(=O)S/C(=C/c3ccc(OC)c4ccccc34)C2=O)ccc1Cl. The lowest BCUT2D eigenvalue weighted by atomic mass is 10.0. The molecule has 1 saturated heterocycles. The van der Waals surface area contributed by atoms with E-state index in [1.165, 1.54) is 18.2 Å².